The lowest BCUT2D eigenvalue weighted by Crippen LogP contribution is -3.18. The predicted octanol–water partition coefficient (Wildman–Crippen LogP) is 0.546. The Morgan fingerprint density at radius 1 is 1.26 bits per heavy atom. The van der Waals surface area contributed by atoms with Gasteiger partial charge in [-0.25, -0.2) is 0 Å². The van der Waals surface area contributed by atoms with Crippen LogP contribution in [0.25, 0.3) is 0 Å². The highest BCUT2D eigenvalue weighted by Crippen LogP contribution is 2.19. The molecule has 1 aromatic rings. The first-order valence-electron chi connectivity index (χ1n) is 6.89. The molecule has 1 heterocycles. The molecule has 0 radical (unpaired) electrons. The Bertz CT molecular complexity index is 433. The number of hydrogen-bond donors (Lipinski definition) is 2. The molecule has 0 unspecified atom stereocenters. The second kappa shape index (κ2) is 6.17. The maximum absolute atomic E-state index is 12.3. The summed E-state index contributed by atoms with van der Waals surface area (Å²) in [5, 5.41) is 3.07. The summed E-state index contributed by atoms with van der Waals surface area (Å²) in [7, 11) is 0. The maximum Gasteiger partial charge on any atom is 0.282 e. The van der Waals surface area contributed by atoms with Crippen LogP contribution < -0.4 is 10.2 Å². The molecule has 0 aliphatic carbocycles. The molecule has 2 N–H and O–H groups in total. The van der Waals surface area contributed by atoms with E-state index < -0.39 is 0 Å². The quantitative estimate of drug-likeness (QED) is 0.836. The Hall–Kier alpha value is -1.39. The molecule has 0 spiro atoms. The lowest BCUT2D eigenvalue weighted by molar-refractivity contribution is -0.921. The summed E-state index contributed by atoms with van der Waals surface area (Å²) in [5.41, 5.74) is 3.17. The van der Waals surface area contributed by atoms with E-state index in [-0.39, 0.29) is 11.9 Å². The number of quaternary nitrogens is 1. The maximum atomic E-state index is 12.3. The number of hydrogen-bond acceptors (Lipinski definition) is 2. The van der Waals surface area contributed by atoms with Gasteiger partial charge in [0.2, 0.25) is 0 Å². The summed E-state index contributed by atoms with van der Waals surface area (Å²) in [4.78, 5) is 13.6. The third-order valence-corrected chi connectivity index (χ3v) is 3.87. The van der Waals surface area contributed by atoms with Crippen molar-refractivity contribution in [2.75, 3.05) is 31.6 Å². The van der Waals surface area contributed by atoms with E-state index in [4.69, 9.17) is 4.74 Å². The highest BCUT2D eigenvalue weighted by atomic mass is 16.5. The molecule has 1 amide bonds. The van der Waals surface area contributed by atoms with Crippen molar-refractivity contribution in [3.8, 4) is 0 Å². The fraction of sp³-hybridized carbons (Fsp3) is 0.533. The largest absolute Gasteiger partial charge is 0.370 e. The number of nitrogens with one attached hydrogen (secondary N) is 2. The van der Waals surface area contributed by atoms with Gasteiger partial charge in [-0.2, -0.15) is 0 Å². The second-order valence-corrected chi connectivity index (χ2v) is 5.25. The van der Waals surface area contributed by atoms with Crippen molar-refractivity contribution in [3.63, 3.8) is 0 Å². The molecule has 1 aliphatic rings. The number of aryl methyl sites for hydroxylation is 2. The number of amides is 1. The highest BCUT2D eigenvalue weighted by molar-refractivity contribution is 5.95. The molecular weight excluding hydrogens is 240 g/mol. The van der Waals surface area contributed by atoms with E-state index in [0.717, 1.165) is 43.1 Å². The average molecular weight is 263 g/mol. The fourth-order valence-corrected chi connectivity index (χ4v) is 2.50. The van der Waals surface area contributed by atoms with Crippen LogP contribution in [0, 0.1) is 13.8 Å². The van der Waals surface area contributed by atoms with Crippen molar-refractivity contribution in [1.82, 2.24) is 0 Å². The van der Waals surface area contributed by atoms with E-state index in [1.807, 2.05) is 39.0 Å². The topological polar surface area (TPSA) is 42.8 Å². The van der Waals surface area contributed by atoms with Gasteiger partial charge in [-0.05, 0) is 31.9 Å². The van der Waals surface area contributed by atoms with Crippen molar-refractivity contribution in [3.05, 3.63) is 29.3 Å². The molecule has 0 aromatic heterocycles. The van der Waals surface area contributed by atoms with E-state index >= 15 is 0 Å². The van der Waals surface area contributed by atoms with Gasteiger partial charge in [-0.1, -0.05) is 18.2 Å². The molecule has 1 aliphatic heterocycles. The van der Waals surface area contributed by atoms with Crippen molar-refractivity contribution in [2.45, 2.75) is 26.8 Å². The summed E-state index contributed by atoms with van der Waals surface area (Å²) < 4.78 is 5.33. The Labute approximate surface area is 114 Å². The average Bonchev–Trinajstić information content (AvgIpc) is 2.43. The number of carbonyl (C=O) groups is 1. The van der Waals surface area contributed by atoms with Crippen molar-refractivity contribution in [1.29, 1.82) is 0 Å². The number of carbonyl (C=O) groups excluding carboxylic acids is 1. The Morgan fingerprint density at radius 2 is 1.84 bits per heavy atom. The zero-order valence-corrected chi connectivity index (χ0v) is 12.0. The summed E-state index contributed by atoms with van der Waals surface area (Å²) >= 11 is 0. The van der Waals surface area contributed by atoms with Gasteiger partial charge >= 0.3 is 0 Å². The minimum atomic E-state index is -0.0390. The van der Waals surface area contributed by atoms with Crippen molar-refractivity contribution < 1.29 is 14.4 Å². The highest BCUT2D eigenvalue weighted by Gasteiger charge is 2.27. The van der Waals surface area contributed by atoms with E-state index in [0.29, 0.717) is 0 Å². The lowest BCUT2D eigenvalue weighted by atomic mass is 10.1. The lowest BCUT2D eigenvalue weighted by Gasteiger charge is -2.28. The molecule has 19 heavy (non-hydrogen) atoms. The molecule has 2 rings (SSSR count). The standard InChI is InChI=1S/C15H22N2O2/c1-11-5-4-6-12(2)14(11)16-15(18)13(3)17-7-9-19-10-8-17/h4-6,13H,7-10H2,1-3H3,(H,16,18)/p+1/t13-/m1/s1. The van der Waals surface area contributed by atoms with Crippen LogP contribution in [0.2, 0.25) is 0 Å². The molecule has 0 bridgehead atoms. The molecule has 1 saturated heterocycles. The van der Waals surface area contributed by atoms with E-state index in [1.54, 1.807) is 0 Å². The van der Waals surface area contributed by atoms with Crippen LogP contribution in [-0.2, 0) is 9.53 Å². The zero-order chi connectivity index (χ0) is 13.8. The van der Waals surface area contributed by atoms with Gasteiger partial charge in [-0.15, -0.1) is 0 Å². The SMILES string of the molecule is Cc1cccc(C)c1NC(=O)[C@@H](C)[NH+]1CCOCC1. The fourth-order valence-electron chi connectivity index (χ4n) is 2.50. The number of morpholine rings is 1. The van der Waals surface area contributed by atoms with Gasteiger partial charge in [0.1, 0.15) is 13.1 Å². The minimum absolute atomic E-state index is 0.0390. The van der Waals surface area contributed by atoms with Gasteiger partial charge in [0.25, 0.3) is 5.91 Å². The zero-order valence-electron chi connectivity index (χ0n) is 12.0. The number of ether oxygens (including phenoxy) is 1. The van der Waals surface area contributed by atoms with Gasteiger partial charge in [0.15, 0.2) is 6.04 Å². The van der Waals surface area contributed by atoms with Gasteiger partial charge in [-0.3, -0.25) is 4.79 Å². The van der Waals surface area contributed by atoms with Crippen LogP contribution >= 0.6 is 0 Å². The molecule has 1 atom stereocenters. The number of benzene rings is 1. The van der Waals surface area contributed by atoms with E-state index in [9.17, 15) is 4.79 Å². The van der Waals surface area contributed by atoms with Crippen LogP contribution in [0.5, 0.6) is 0 Å². The van der Waals surface area contributed by atoms with Crippen LogP contribution in [0.1, 0.15) is 18.1 Å². The minimum Gasteiger partial charge on any atom is -0.370 e. The van der Waals surface area contributed by atoms with Crippen LogP contribution in [0.15, 0.2) is 18.2 Å². The summed E-state index contributed by atoms with van der Waals surface area (Å²) in [6.45, 7) is 9.34. The van der Waals surface area contributed by atoms with Crippen molar-refractivity contribution >= 4 is 11.6 Å². The first-order chi connectivity index (χ1) is 9.09. The van der Waals surface area contributed by atoms with E-state index in [2.05, 4.69) is 5.32 Å². The number of rotatable bonds is 3. The van der Waals surface area contributed by atoms with Crippen LogP contribution in [0.3, 0.4) is 0 Å². The first kappa shape index (κ1) is 14.0. The Kier molecular flexibility index (Phi) is 4.56. The third kappa shape index (κ3) is 3.33. The summed E-state index contributed by atoms with van der Waals surface area (Å²) in [6.07, 6.45) is 0. The molecule has 104 valence electrons. The predicted molar refractivity (Wildman–Crippen MR) is 75.5 cm³/mol. The Morgan fingerprint density at radius 3 is 2.42 bits per heavy atom. The van der Waals surface area contributed by atoms with Crippen LogP contribution in [-0.4, -0.2) is 38.3 Å². The number of para-hydroxylation sites is 1. The molecular formula is C15H23N2O2+. The van der Waals surface area contributed by atoms with Gasteiger partial charge in [0, 0.05) is 5.69 Å². The summed E-state index contributed by atoms with van der Waals surface area (Å²) in [5.74, 6) is 0.0919. The first-order valence-corrected chi connectivity index (χ1v) is 6.89. The summed E-state index contributed by atoms with van der Waals surface area (Å²) in [6, 6.07) is 6.02. The number of anilines is 1. The second-order valence-electron chi connectivity index (χ2n) is 5.25. The molecule has 4 heteroatoms. The van der Waals surface area contributed by atoms with Gasteiger partial charge in [0.05, 0.1) is 13.2 Å². The third-order valence-electron chi connectivity index (χ3n) is 3.87. The normalized spacial score (nSPS) is 18.1. The molecule has 1 aromatic carbocycles. The van der Waals surface area contributed by atoms with Crippen LogP contribution in [0.4, 0.5) is 5.69 Å². The smallest absolute Gasteiger partial charge is 0.282 e. The van der Waals surface area contributed by atoms with E-state index in [1.165, 1.54) is 4.90 Å². The Balaban J connectivity index is 2.04. The molecule has 4 nitrogen and oxygen atoms in total. The molecule has 1 fully saturated rings. The monoisotopic (exact) mass is 263 g/mol. The molecule has 0 saturated carbocycles. The van der Waals surface area contributed by atoms with Gasteiger partial charge < -0.3 is 15.0 Å². The van der Waals surface area contributed by atoms with Crippen molar-refractivity contribution in [2.24, 2.45) is 0 Å².